The first-order valence-electron chi connectivity index (χ1n) is 8.76. The molecule has 126 valence electrons. The van der Waals surface area contributed by atoms with Crippen molar-refractivity contribution in [2.75, 3.05) is 6.61 Å². The third-order valence-electron chi connectivity index (χ3n) is 5.92. The van der Waals surface area contributed by atoms with Crippen LogP contribution in [0.1, 0.15) is 24.0 Å². The summed E-state index contributed by atoms with van der Waals surface area (Å²) < 4.78 is 11.0. The first kappa shape index (κ1) is 14.7. The average Bonchev–Trinajstić information content (AvgIpc) is 3.02. The normalized spacial score (nSPS) is 33.6. The van der Waals surface area contributed by atoms with Crippen molar-refractivity contribution in [3.8, 4) is 0 Å². The zero-order valence-electron chi connectivity index (χ0n) is 13.9. The molecule has 5 aliphatic rings. The van der Waals surface area contributed by atoms with E-state index >= 15 is 0 Å². The molecule has 4 nitrogen and oxygen atoms in total. The summed E-state index contributed by atoms with van der Waals surface area (Å²) in [6, 6.07) is 8.35. The van der Waals surface area contributed by atoms with E-state index in [4.69, 9.17) is 9.47 Å². The highest BCUT2D eigenvalue weighted by atomic mass is 16.6. The summed E-state index contributed by atoms with van der Waals surface area (Å²) in [6.45, 7) is 1.96. The fourth-order valence-corrected chi connectivity index (χ4v) is 4.98. The van der Waals surface area contributed by atoms with Gasteiger partial charge in [0, 0.05) is 11.5 Å². The van der Waals surface area contributed by atoms with E-state index < -0.39 is 17.5 Å². The predicted molar refractivity (Wildman–Crippen MR) is 90.6 cm³/mol. The lowest BCUT2D eigenvalue weighted by molar-refractivity contribution is -0.150. The highest BCUT2D eigenvalue weighted by molar-refractivity contribution is 6.17. The molecule has 0 saturated carbocycles. The van der Waals surface area contributed by atoms with Crippen LogP contribution in [0, 0.1) is 11.8 Å². The highest BCUT2D eigenvalue weighted by Gasteiger charge is 2.60. The predicted octanol–water partition coefficient (Wildman–Crippen LogP) is 2.85. The van der Waals surface area contributed by atoms with Crippen molar-refractivity contribution in [3.63, 3.8) is 0 Å². The maximum absolute atomic E-state index is 12.6. The lowest BCUT2D eigenvalue weighted by Gasteiger charge is -2.40. The molecule has 1 aromatic carbocycles. The molecular formula is C21H18O4. The van der Waals surface area contributed by atoms with E-state index in [1.165, 1.54) is 11.1 Å². The molecule has 1 aromatic rings. The molecule has 1 spiro atoms. The van der Waals surface area contributed by atoms with E-state index in [1.54, 1.807) is 6.92 Å². The Kier molecular flexibility index (Phi) is 2.91. The molecule has 1 aliphatic heterocycles. The van der Waals surface area contributed by atoms with Gasteiger partial charge in [-0.15, -0.1) is 0 Å². The third kappa shape index (κ3) is 1.77. The van der Waals surface area contributed by atoms with Crippen LogP contribution in [-0.2, 0) is 25.5 Å². The number of carbonyl (C=O) groups excluding carboxylic acids is 2. The van der Waals surface area contributed by atoms with Gasteiger partial charge >= 0.3 is 11.9 Å². The Morgan fingerprint density at radius 1 is 1.32 bits per heavy atom. The summed E-state index contributed by atoms with van der Waals surface area (Å²) in [5.74, 6) is -0.509. The Morgan fingerprint density at radius 2 is 2.16 bits per heavy atom. The van der Waals surface area contributed by atoms with Gasteiger partial charge in [0.15, 0.2) is 11.2 Å². The smallest absolute Gasteiger partial charge is 0.347 e. The molecule has 0 fully saturated rings. The topological polar surface area (TPSA) is 52.6 Å². The Labute approximate surface area is 145 Å². The molecule has 6 rings (SSSR count). The zero-order valence-corrected chi connectivity index (χ0v) is 13.9. The van der Waals surface area contributed by atoms with Gasteiger partial charge in [-0.1, -0.05) is 42.5 Å². The van der Waals surface area contributed by atoms with Crippen molar-refractivity contribution < 1.29 is 19.1 Å². The molecular weight excluding hydrogens is 316 g/mol. The standard InChI is InChI=1S/C21H18O4/c1-2-24-19(22)17-16-8-7-12-9-10-21(16,25-20(17)23)18-14-6-4-3-5-13(14)11-15(12)18/h3-10,12,15,18H,2,11H2,1H3/t12-,15+,18+,21+/m0/s1. The molecule has 4 heteroatoms. The number of benzene rings is 1. The minimum absolute atomic E-state index is 0.0413. The van der Waals surface area contributed by atoms with E-state index in [9.17, 15) is 9.59 Å². The van der Waals surface area contributed by atoms with Crippen LogP contribution in [0.4, 0.5) is 0 Å². The maximum atomic E-state index is 12.6. The Bertz CT molecular complexity index is 891. The number of rotatable bonds is 2. The van der Waals surface area contributed by atoms with E-state index in [2.05, 4.69) is 24.3 Å². The van der Waals surface area contributed by atoms with Gasteiger partial charge in [-0.05, 0) is 42.4 Å². The van der Waals surface area contributed by atoms with Crippen molar-refractivity contribution in [2.24, 2.45) is 11.8 Å². The van der Waals surface area contributed by atoms with Crippen LogP contribution >= 0.6 is 0 Å². The van der Waals surface area contributed by atoms with Crippen LogP contribution in [0.2, 0.25) is 0 Å². The second-order valence-electron chi connectivity index (χ2n) is 7.03. The second-order valence-corrected chi connectivity index (χ2v) is 7.03. The minimum atomic E-state index is -0.889. The molecule has 0 radical (unpaired) electrons. The SMILES string of the molecule is CCOC(=O)C1=C2C=C[C@H]3C=C[C@]2(OC1=O)[C@@H]1c2ccccc2C[C@H]31. The lowest BCUT2D eigenvalue weighted by Crippen LogP contribution is -2.42. The number of hydrogen-bond donors (Lipinski definition) is 0. The second kappa shape index (κ2) is 4.94. The quantitative estimate of drug-likeness (QED) is 0.474. The number of esters is 2. The number of ether oxygens (including phenoxy) is 2. The largest absolute Gasteiger partial charge is 0.462 e. The van der Waals surface area contributed by atoms with Gasteiger partial charge in [0.1, 0.15) is 0 Å². The van der Waals surface area contributed by atoms with E-state index in [1.807, 2.05) is 24.3 Å². The van der Waals surface area contributed by atoms with Crippen molar-refractivity contribution in [3.05, 3.63) is 70.8 Å². The summed E-state index contributed by atoms with van der Waals surface area (Å²) in [7, 11) is 0. The average molecular weight is 334 g/mol. The van der Waals surface area contributed by atoms with Crippen molar-refractivity contribution >= 4 is 11.9 Å². The van der Waals surface area contributed by atoms with E-state index in [0.717, 1.165) is 6.42 Å². The fraction of sp³-hybridized carbons (Fsp3) is 0.333. The molecule has 0 aromatic heterocycles. The molecule has 0 unspecified atom stereocenters. The first-order valence-corrected chi connectivity index (χ1v) is 8.76. The summed E-state index contributed by atoms with van der Waals surface area (Å²) in [5, 5.41) is 0. The van der Waals surface area contributed by atoms with E-state index in [-0.39, 0.29) is 24.0 Å². The van der Waals surface area contributed by atoms with Crippen LogP contribution < -0.4 is 0 Å². The molecule has 2 bridgehead atoms. The summed E-state index contributed by atoms with van der Waals surface area (Å²) >= 11 is 0. The molecule has 0 amide bonds. The third-order valence-corrected chi connectivity index (χ3v) is 5.92. The lowest BCUT2D eigenvalue weighted by atomic mass is 9.68. The van der Waals surface area contributed by atoms with Gasteiger partial charge in [0.05, 0.1) is 6.61 Å². The fourth-order valence-electron chi connectivity index (χ4n) is 4.98. The first-order chi connectivity index (χ1) is 12.2. The van der Waals surface area contributed by atoms with Crippen LogP contribution in [0.3, 0.4) is 0 Å². The van der Waals surface area contributed by atoms with Crippen LogP contribution in [0.25, 0.3) is 0 Å². The zero-order chi connectivity index (χ0) is 17.2. The summed E-state index contributed by atoms with van der Waals surface area (Å²) in [5.41, 5.74) is 2.34. The van der Waals surface area contributed by atoms with Crippen molar-refractivity contribution in [1.29, 1.82) is 0 Å². The van der Waals surface area contributed by atoms with Gasteiger partial charge in [-0.25, -0.2) is 9.59 Å². The number of allylic oxidation sites excluding steroid dienone is 2. The Balaban J connectivity index is 1.74. The van der Waals surface area contributed by atoms with Gasteiger partial charge in [-0.2, -0.15) is 0 Å². The highest BCUT2D eigenvalue weighted by Crippen LogP contribution is 2.59. The maximum Gasteiger partial charge on any atom is 0.347 e. The van der Waals surface area contributed by atoms with E-state index in [0.29, 0.717) is 11.5 Å². The Hall–Kier alpha value is -2.62. The molecule has 4 aliphatic carbocycles. The van der Waals surface area contributed by atoms with Crippen LogP contribution in [0.15, 0.2) is 59.7 Å². The number of fused-ring (bicyclic) bond motifs is 1. The van der Waals surface area contributed by atoms with Crippen molar-refractivity contribution in [2.45, 2.75) is 24.9 Å². The minimum Gasteiger partial charge on any atom is -0.462 e. The molecule has 1 heterocycles. The van der Waals surface area contributed by atoms with Gasteiger partial charge in [0.25, 0.3) is 0 Å². The Morgan fingerprint density at radius 3 is 3.00 bits per heavy atom. The van der Waals surface area contributed by atoms with Crippen molar-refractivity contribution in [1.82, 2.24) is 0 Å². The number of carbonyl (C=O) groups is 2. The summed E-state index contributed by atoms with van der Waals surface area (Å²) in [6.07, 6.45) is 9.08. The summed E-state index contributed by atoms with van der Waals surface area (Å²) in [4.78, 5) is 25.0. The molecule has 25 heavy (non-hydrogen) atoms. The molecule has 4 atom stereocenters. The number of hydrogen-bond acceptors (Lipinski definition) is 4. The van der Waals surface area contributed by atoms with Crippen LogP contribution in [0.5, 0.6) is 0 Å². The molecule has 0 saturated heterocycles. The monoisotopic (exact) mass is 334 g/mol. The van der Waals surface area contributed by atoms with Gasteiger partial charge in [0.2, 0.25) is 0 Å². The van der Waals surface area contributed by atoms with Crippen LogP contribution in [-0.4, -0.2) is 24.1 Å². The molecule has 0 N–H and O–H groups in total. The van der Waals surface area contributed by atoms with Gasteiger partial charge < -0.3 is 9.47 Å². The van der Waals surface area contributed by atoms with Gasteiger partial charge in [-0.3, -0.25) is 0 Å².